The zero-order valence-electron chi connectivity index (χ0n) is 11.0. The van der Waals surface area contributed by atoms with E-state index < -0.39 is 18.8 Å². The van der Waals surface area contributed by atoms with Crippen molar-refractivity contribution in [2.24, 2.45) is 11.7 Å². The lowest BCUT2D eigenvalue weighted by Crippen LogP contribution is -2.31. The Morgan fingerprint density at radius 2 is 1.70 bits per heavy atom. The van der Waals surface area contributed by atoms with E-state index in [0.717, 1.165) is 31.2 Å². The van der Waals surface area contributed by atoms with Crippen molar-refractivity contribution in [3.63, 3.8) is 0 Å². The van der Waals surface area contributed by atoms with E-state index in [1.165, 1.54) is 12.1 Å². The highest BCUT2D eigenvalue weighted by Gasteiger charge is 2.28. The van der Waals surface area contributed by atoms with E-state index in [4.69, 9.17) is 5.73 Å². The van der Waals surface area contributed by atoms with Crippen molar-refractivity contribution < 1.29 is 18.6 Å². The number of aliphatic hydroxyl groups is 1. The van der Waals surface area contributed by atoms with Crippen molar-refractivity contribution in [3.05, 3.63) is 29.8 Å². The second kappa shape index (κ2) is 7.76. The Kier molecular flexibility index (Phi) is 6.65. The predicted molar refractivity (Wildman–Crippen MR) is 75.2 cm³/mol. The third-order valence-corrected chi connectivity index (χ3v) is 3.74. The lowest BCUT2D eigenvalue weighted by molar-refractivity contribution is -0.0498. The minimum Gasteiger partial charge on any atom is -0.435 e. The molecule has 114 valence electrons. The molecule has 0 saturated heterocycles. The highest BCUT2D eigenvalue weighted by atomic mass is 35.5. The first-order valence-electron chi connectivity index (χ1n) is 6.56. The molecule has 20 heavy (non-hydrogen) atoms. The first-order chi connectivity index (χ1) is 9.08. The van der Waals surface area contributed by atoms with Crippen molar-refractivity contribution in [2.45, 2.75) is 44.4 Å². The second-order valence-corrected chi connectivity index (χ2v) is 5.01. The molecule has 1 aromatic rings. The molecule has 2 rings (SSSR count). The first kappa shape index (κ1) is 17.1. The van der Waals surface area contributed by atoms with E-state index in [1.807, 2.05) is 0 Å². The SMILES string of the molecule is Cl.N[C@H](c1ccc(OC(F)F)cc1)[C@@H](O)C1CCCC1. The molecule has 0 aliphatic heterocycles. The second-order valence-electron chi connectivity index (χ2n) is 5.01. The van der Waals surface area contributed by atoms with Gasteiger partial charge in [-0.1, -0.05) is 25.0 Å². The number of hydrogen-bond acceptors (Lipinski definition) is 3. The monoisotopic (exact) mass is 307 g/mol. The van der Waals surface area contributed by atoms with Crippen LogP contribution in [0.5, 0.6) is 5.75 Å². The van der Waals surface area contributed by atoms with E-state index >= 15 is 0 Å². The molecule has 3 N–H and O–H groups in total. The largest absolute Gasteiger partial charge is 0.435 e. The van der Waals surface area contributed by atoms with Crippen LogP contribution in [0.15, 0.2) is 24.3 Å². The van der Waals surface area contributed by atoms with Crippen LogP contribution in [0.2, 0.25) is 0 Å². The van der Waals surface area contributed by atoms with E-state index in [9.17, 15) is 13.9 Å². The van der Waals surface area contributed by atoms with Gasteiger partial charge in [0.05, 0.1) is 12.1 Å². The lowest BCUT2D eigenvalue weighted by Gasteiger charge is -2.24. The van der Waals surface area contributed by atoms with Crippen LogP contribution in [0.3, 0.4) is 0 Å². The number of ether oxygens (including phenoxy) is 1. The molecule has 0 radical (unpaired) electrons. The molecule has 1 saturated carbocycles. The van der Waals surface area contributed by atoms with Gasteiger partial charge in [0.15, 0.2) is 0 Å². The van der Waals surface area contributed by atoms with Crippen molar-refractivity contribution in [3.8, 4) is 5.75 Å². The van der Waals surface area contributed by atoms with Crippen LogP contribution in [-0.4, -0.2) is 17.8 Å². The molecule has 0 unspecified atom stereocenters. The molecule has 0 aromatic heterocycles. The number of benzene rings is 1. The topological polar surface area (TPSA) is 55.5 Å². The molecule has 0 bridgehead atoms. The number of aliphatic hydroxyl groups excluding tert-OH is 1. The number of nitrogens with two attached hydrogens (primary N) is 1. The summed E-state index contributed by atoms with van der Waals surface area (Å²) in [6.45, 7) is -2.83. The van der Waals surface area contributed by atoms with Gasteiger partial charge < -0.3 is 15.6 Å². The van der Waals surface area contributed by atoms with E-state index in [-0.39, 0.29) is 24.1 Å². The van der Waals surface area contributed by atoms with Crippen LogP contribution in [0.1, 0.15) is 37.3 Å². The van der Waals surface area contributed by atoms with Crippen LogP contribution in [0, 0.1) is 5.92 Å². The van der Waals surface area contributed by atoms with Crippen molar-refractivity contribution in [2.75, 3.05) is 0 Å². The summed E-state index contributed by atoms with van der Waals surface area (Å²) in [4.78, 5) is 0. The number of alkyl halides is 2. The van der Waals surface area contributed by atoms with Gasteiger partial charge in [-0.3, -0.25) is 0 Å². The van der Waals surface area contributed by atoms with Crippen LogP contribution >= 0.6 is 12.4 Å². The fraction of sp³-hybridized carbons (Fsp3) is 0.571. The molecule has 0 heterocycles. The summed E-state index contributed by atoms with van der Waals surface area (Å²) in [7, 11) is 0. The Morgan fingerprint density at radius 3 is 2.20 bits per heavy atom. The predicted octanol–water partition coefficient (Wildman–Crippen LogP) is 3.26. The maximum absolute atomic E-state index is 12.0. The summed E-state index contributed by atoms with van der Waals surface area (Å²) in [5, 5.41) is 10.2. The van der Waals surface area contributed by atoms with Crippen molar-refractivity contribution >= 4 is 12.4 Å². The zero-order valence-corrected chi connectivity index (χ0v) is 11.9. The maximum atomic E-state index is 12.0. The first-order valence-corrected chi connectivity index (χ1v) is 6.56. The third kappa shape index (κ3) is 4.30. The van der Waals surface area contributed by atoms with Gasteiger partial charge in [-0.25, -0.2) is 0 Å². The van der Waals surface area contributed by atoms with E-state index in [2.05, 4.69) is 4.74 Å². The fourth-order valence-electron chi connectivity index (χ4n) is 2.66. The summed E-state index contributed by atoms with van der Waals surface area (Å²) in [6.07, 6.45) is 3.69. The molecule has 2 atom stereocenters. The third-order valence-electron chi connectivity index (χ3n) is 3.74. The highest BCUT2D eigenvalue weighted by Crippen LogP contribution is 2.32. The van der Waals surface area contributed by atoms with Crippen LogP contribution < -0.4 is 10.5 Å². The smallest absolute Gasteiger partial charge is 0.387 e. The van der Waals surface area contributed by atoms with Gasteiger partial charge in [0.1, 0.15) is 5.75 Å². The van der Waals surface area contributed by atoms with Gasteiger partial charge >= 0.3 is 6.61 Å². The number of hydrogen-bond donors (Lipinski definition) is 2. The Bertz CT molecular complexity index is 397. The Morgan fingerprint density at radius 1 is 1.15 bits per heavy atom. The normalized spacial score (nSPS) is 18.6. The summed E-state index contributed by atoms with van der Waals surface area (Å²) >= 11 is 0. The Balaban J connectivity index is 0.00000200. The average Bonchev–Trinajstić information content (AvgIpc) is 2.91. The summed E-state index contributed by atoms with van der Waals surface area (Å²) in [5.74, 6) is 0.341. The molecule has 1 fully saturated rings. The molecule has 1 aliphatic carbocycles. The molecule has 6 heteroatoms. The molecule has 0 spiro atoms. The fourth-order valence-corrected chi connectivity index (χ4v) is 2.66. The molecule has 1 aromatic carbocycles. The molecular weight excluding hydrogens is 288 g/mol. The summed E-state index contributed by atoms with van der Waals surface area (Å²) < 4.78 is 28.3. The van der Waals surface area contributed by atoms with Gasteiger partial charge in [0.25, 0.3) is 0 Å². The van der Waals surface area contributed by atoms with Crippen molar-refractivity contribution in [1.82, 2.24) is 0 Å². The maximum Gasteiger partial charge on any atom is 0.387 e. The highest BCUT2D eigenvalue weighted by molar-refractivity contribution is 5.85. The Hall–Kier alpha value is -0.910. The van der Waals surface area contributed by atoms with Crippen LogP contribution in [0.4, 0.5) is 8.78 Å². The van der Waals surface area contributed by atoms with Crippen molar-refractivity contribution in [1.29, 1.82) is 0 Å². The van der Waals surface area contributed by atoms with E-state index in [1.54, 1.807) is 12.1 Å². The van der Waals surface area contributed by atoms with Gasteiger partial charge in [0, 0.05) is 0 Å². The van der Waals surface area contributed by atoms with Crippen LogP contribution in [0.25, 0.3) is 0 Å². The van der Waals surface area contributed by atoms with Crippen LogP contribution in [-0.2, 0) is 0 Å². The Labute approximate surface area is 123 Å². The number of halogens is 3. The number of rotatable bonds is 5. The minimum atomic E-state index is -2.83. The van der Waals surface area contributed by atoms with E-state index in [0.29, 0.717) is 0 Å². The van der Waals surface area contributed by atoms with Gasteiger partial charge in [-0.05, 0) is 36.5 Å². The quantitative estimate of drug-likeness (QED) is 0.878. The lowest BCUT2D eigenvalue weighted by atomic mass is 9.91. The average molecular weight is 308 g/mol. The molecule has 0 amide bonds. The summed E-state index contributed by atoms with van der Waals surface area (Å²) in [5.41, 5.74) is 6.77. The minimum absolute atomic E-state index is 0. The molecular formula is C14H20ClF2NO2. The van der Waals surface area contributed by atoms with Gasteiger partial charge in [-0.2, -0.15) is 8.78 Å². The molecule has 3 nitrogen and oxygen atoms in total. The summed E-state index contributed by atoms with van der Waals surface area (Å²) in [6, 6.07) is 5.66. The van der Waals surface area contributed by atoms with Gasteiger partial charge in [0.2, 0.25) is 0 Å². The molecule has 1 aliphatic rings. The standard InChI is InChI=1S/C14H19F2NO2.ClH/c15-14(16)19-11-7-5-9(6-8-11)12(17)13(18)10-3-1-2-4-10;/h5-8,10,12-14,18H,1-4,17H2;1H/t12-,13+;/m1./s1. The zero-order chi connectivity index (χ0) is 13.8. The van der Waals surface area contributed by atoms with Gasteiger partial charge in [-0.15, -0.1) is 12.4 Å².